The number of amides is 1. The van der Waals surface area contributed by atoms with Gasteiger partial charge in [0, 0.05) is 12.6 Å². The first kappa shape index (κ1) is 12.6. The lowest BCUT2D eigenvalue weighted by atomic mass is 9.93. The Labute approximate surface area is 116 Å². The first-order valence-corrected chi connectivity index (χ1v) is 6.61. The van der Waals surface area contributed by atoms with E-state index in [2.05, 4.69) is 22.3 Å². The van der Waals surface area contributed by atoms with E-state index in [9.17, 15) is 9.59 Å². The van der Waals surface area contributed by atoms with Crippen LogP contribution in [0.25, 0.3) is 0 Å². The van der Waals surface area contributed by atoms with Crippen LogP contribution in [-0.2, 0) is 6.42 Å². The van der Waals surface area contributed by atoms with Gasteiger partial charge in [-0.15, -0.1) is 0 Å². The summed E-state index contributed by atoms with van der Waals surface area (Å²) in [7, 11) is 0. The number of benzene rings is 1. The minimum atomic E-state index is -0.307. The number of carbonyl (C=O) groups excluding carboxylic acids is 1. The topological polar surface area (TPSA) is 66.1 Å². The molecule has 1 amide bonds. The maximum atomic E-state index is 12.5. The molecule has 102 valence electrons. The van der Waals surface area contributed by atoms with Crippen LogP contribution < -0.4 is 5.56 Å². The number of hydrogen-bond donors (Lipinski definition) is 1. The molecular formula is C15H15N3O2. The highest BCUT2D eigenvalue weighted by atomic mass is 16.2. The van der Waals surface area contributed by atoms with Crippen LogP contribution in [0.1, 0.15) is 34.6 Å². The number of rotatable bonds is 1. The van der Waals surface area contributed by atoms with E-state index in [-0.39, 0.29) is 23.2 Å². The average Bonchev–Trinajstić information content (AvgIpc) is 2.48. The Hall–Kier alpha value is -2.43. The van der Waals surface area contributed by atoms with E-state index in [4.69, 9.17) is 0 Å². The molecule has 1 N–H and O–H groups in total. The average molecular weight is 269 g/mol. The molecule has 0 spiro atoms. The zero-order valence-electron chi connectivity index (χ0n) is 11.2. The molecule has 1 aliphatic heterocycles. The van der Waals surface area contributed by atoms with Gasteiger partial charge in [-0.2, -0.15) is 5.10 Å². The van der Waals surface area contributed by atoms with Gasteiger partial charge in [0.1, 0.15) is 5.69 Å². The van der Waals surface area contributed by atoms with Crippen LogP contribution in [0.3, 0.4) is 0 Å². The number of hydrogen-bond acceptors (Lipinski definition) is 3. The van der Waals surface area contributed by atoms with Crippen molar-refractivity contribution < 1.29 is 4.79 Å². The molecule has 0 radical (unpaired) electrons. The van der Waals surface area contributed by atoms with Crippen molar-refractivity contribution in [1.29, 1.82) is 0 Å². The molecular weight excluding hydrogens is 254 g/mol. The van der Waals surface area contributed by atoms with Crippen molar-refractivity contribution in [1.82, 2.24) is 15.1 Å². The number of aromatic amines is 1. The molecule has 1 aromatic heterocycles. The fourth-order valence-corrected chi connectivity index (χ4v) is 2.66. The van der Waals surface area contributed by atoms with Gasteiger partial charge in [0.05, 0.1) is 6.04 Å². The second kappa shape index (κ2) is 4.92. The highest BCUT2D eigenvalue weighted by molar-refractivity contribution is 5.92. The third-order valence-electron chi connectivity index (χ3n) is 3.75. The number of nitrogens with one attached hydrogen (secondary N) is 1. The fourth-order valence-electron chi connectivity index (χ4n) is 2.66. The highest BCUT2D eigenvalue weighted by Gasteiger charge is 2.28. The minimum Gasteiger partial charge on any atom is -0.330 e. The first-order valence-electron chi connectivity index (χ1n) is 6.61. The number of carbonyl (C=O) groups is 1. The molecule has 1 aliphatic rings. The van der Waals surface area contributed by atoms with Crippen LogP contribution in [0.15, 0.2) is 41.2 Å². The van der Waals surface area contributed by atoms with Crippen LogP contribution >= 0.6 is 0 Å². The van der Waals surface area contributed by atoms with Crippen molar-refractivity contribution in [2.24, 2.45) is 0 Å². The van der Waals surface area contributed by atoms with Crippen molar-refractivity contribution >= 4 is 5.91 Å². The van der Waals surface area contributed by atoms with Gasteiger partial charge in [-0.1, -0.05) is 24.3 Å². The Balaban J connectivity index is 1.90. The van der Waals surface area contributed by atoms with Gasteiger partial charge in [0.15, 0.2) is 0 Å². The molecule has 5 nitrogen and oxygen atoms in total. The monoisotopic (exact) mass is 269 g/mol. The SMILES string of the molecule is CC1c2ccccc2CCN1C(=O)c1ccc(=O)[nH]n1. The number of aromatic nitrogens is 2. The molecule has 3 rings (SSSR count). The summed E-state index contributed by atoms with van der Waals surface area (Å²) in [6.45, 7) is 2.68. The van der Waals surface area contributed by atoms with Crippen molar-refractivity contribution in [3.63, 3.8) is 0 Å². The largest absolute Gasteiger partial charge is 0.330 e. The van der Waals surface area contributed by atoms with Crippen molar-refractivity contribution in [3.8, 4) is 0 Å². The quantitative estimate of drug-likeness (QED) is 0.853. The maximum Gasteiger partial charge on any atom is 0.274 e. The summed E-state index contributed by atoms with van der Waals surface area (Å²) in [5.74, 6) is -0.150. The normalized spacial score (nSPS) is 17.6. The Morgan fingerprint density at radius 2 is 2.10 bits per heavy atom. The molecule has 2 aromatic rings. The third kappa shape index (κ3) is 2.11. The van der Waals surface area contributed by atoms with Gasteiger partial charge in [-0.25, -0.2) is 5.10 Å². The standard InChI is InChI=1S/C15H15N3O2/c1-10-12-5-3-2-4-11(12)8-9-18(10)15(20)13-6-7-14(19)17-16-13/h2-7,10H,8-9H2,1H3,(H,17,19). The van der Waals surface area contributed by atoms with E-state index in [1.165, 1.54) is 23.3 Å². The summed E-state index contributed by atoms with van der Waals surface area (Å²) >= 11 is 0. The Morgan fingerprint density at radius 1 is 1.30 bits per heavy atom. The van der Waals surface area contributed by atoms with Crippen LogP contribution in [0.2, 0.25) is 0 Å². The molecule has 2 heterocycles. The fraction of sp³-hybridized carbons (Fsp3) is 0.267. The summed E-state index contributed by atoms with van der Waals surface area (Å²) in [5, 5.41) is 6.12. The van der Waals surface area contributed by atoms with Gasteiger partial charge in [0.25, 0.3) is 11.5 Å². The summed E-state index contributed by atoms with van der Waals surface area (Å²) in [6.07, 6.45) is 0.843. The summed E-state index contributed by atoms with van der Waals surface area (Å²) < 4.78 is 0. The third-order valence-corrected chi connectivity index (χ3v) is 3.75. The zero-order chi connectivity index (χ0) is 14.1. The summed E-state index contributed by atoms with van der Waals surface area (Å²) in [4.78, 5) is 25.3. The van der Waals surface area contributed by atoms with Crippen molar-refractivity contribution in [2.75, 3.05) is 6.54 Å². The predicted molar refractivity (Wildman–Crippen MR) is 74.5 cm³/mol. The van der Waals surface area contributed by atoms with E-state index in [1.807, 2.05) is 19.1 Å². The number of H-pyrrole nitrogens is 1. The Morgan fingerprint density at radius 3 is 2.85 bits per heavy atom. The molecule has 0 bridgehead atoms. The molecule has 1 unspecified atom stereocenters. The highest BCUT2D eigenvalue weighted by Crippen LogP contribution is 2.29. The smallest absolute Gasteiger partial charge is 0.274 e. The molecule has 0 saturated heterocycles. The lowest BCUT2D eigenvalue weighted by Gasteiger charge is -2.35. The number of fused-ring (bicyclic) bond motifs is 1. The van der Waals surface area contributed by atoms with E-state index in [0.29, 0.717) is 6.54 Å². The lowest BCUT2D eigenvalue weighted by molar-refractivity contribution is 0.0670. The van der Waals surface area contributed by atoms with E-state index in [0.717, 1.165) is 6.42 Å². The van der Waals surface area contributed by atoms with Gasteiger partial charge < -0.3 is 4.90 Å². The zero-order valence-corrected chi connectivity index (χ0v) is 11.2. The molecule has 1 atom stereocenters. The van der Waals surface area contributed by atoms with Crippen LogP contribution in [0.5, 0.6) is 0 Å². The van der Waals surface area contributed by atoms with Crippen LogP contribution in [-0.4, -0.2) is 27.5 Å². The molecule has 0 aliphatic carbocycles. The van der Waals surface area contributed by atoms with Crippen molar-refractivity contribution in [3.05, 3.63) is 63.6 Å². The Kier molecular flexibility index (Phi) is 3.10. The Bertz CT molecular complexity index is 688. The molecule has 0 saturated carbocycles. The van der Waals surface area contributed by atoms with Gasteiger partial charge >= 0.3 is 0 Å². The van der Waals surface area contributed by atoms with Crippen LogP contribution in [0, 0.1) is 0 Å². The summed E-state index contributed by atoms with van der Waals surface area (Å²) in [5.41, 5.74) is 2.43. The molecule has 20 heavy (non-hydrogen) atoms. The van der Waals surface area contributed by atoms with Gasteiger partial charge in [-0.3, -0.25) is 9.59 Å². The van der Waals surface area contributed by atoms with E-state index < -0.39 is 0 Å². The van der Waals surface area contributed by atoms with Crippen molar-refractivity contribution in [2.45, 2.75) is 19.4 Å². The number of nitrogens with zero attached hydrogens (tertiary/aromatic N) is 2. The molecule has 1 aromatic carbocycles. The lowest BCUT2D eigenvalue weighted by Crippen LogP contribution is -2.39. The molecule has 5 heteroatoms. The second-order valence-corrected chi connectivity index (χ2v) is 4.93. The van der Waals surface area contributed by atoms with E-state index in [1.54, 1.807) is 4.90 Å². The molecule has 0 fully saturated rings. The summed E-state index contributed by atoms with van der Waals surface area (Å²) in [6, 6.07) is 11.0. The van der Waals surface area contributed by atoms with E-state index >= 15 is 0 Å². The predicted octanol–water partition coefficient (Wildman–Crippen LogP) is 1.53. The first-order chi connectivity index (χ1) is 9.66. The van der Waals surface area contributed by atoms with Gasteiger partial charge in [-0.05, 0) is 30.5 Å². The second-order valence-electron chi connectivity index (χ2n) is 4.93. The minimum absolute atomic E-state index is 0.0150. The maximum absolute atomic E-state index is 12.5. The van der Waals surface area contributed by atoms with Crippen LogP contribution in [0.4, 0.5) is 0 Å². The van der Waals surface area contributed by atoms with Gasteiger partial charge in [0.2, 0.25) is 0 Å².